The van der Waals surface area contributed by atoms with Crippen LogP contribution < -0.4 is 5.32 Å². The van der Waals surface area contributed by atoms with E-state index in [1.165, 1.54) is 12.7 Å². The van der Waals surface area contributed by atoms with E-state index in [1.807, 2.05) is 12.1 Å². The predicted molar refractivity (Wildman–Crippen MR) is 75.6 cm³/mol. The van der Waals surface area contributed by atoms with Gasteiger partial charge in [0.15, 0.2) is 11.5 Å². The molecule has 0 atom stereocenters. The summed E-state index contributed by atoms with van der Waals surface area (Å²) in [6.07, 6.45) is 2.86. The number of aromatic nitrogens is 4. The number of amides is 1. The number of H-pyrrole nitrogens is 1. The lowest BCUT2D eigenvalue weighted by molar-refractivity contribution is 0.102. The van der Waals surface area contributed by atoms with Crippen molar-refractivity contribution < 1.29 is 4.79 Å². The molecule has 2 heterocycles. The lowest BCUT2D eigenvalue weighted by Gasteiger charge is -2.05. The van der Waals surface area contributed by atoms with Crippen molar-refractivity contribution in [2.45, 2.75) is 5.88 Å². The van der Waals surface area contributed by atoms with E-state index in [0.717, 1.165) is 5.56 Å². The number of benzene rings is 1. The molecule has 100 valence electrons. The third kappa shape index (κ3) is 2.33. The number of hydrogen-bond donors (Lipinski definition) is 2. The van der Waals surface area contributed by atoms with Crippen molar-refractivity contribution in [3.05, 3.63) is 48.0 Å². The molecule has 0 bridgehead atoms. The van der Waals surface area contributed by atoms with Crippen LogP contribution in [0.2, 0.25) is 0 Å². The van der Waals surface area contributed by atoms with Gasteiger partial charge in [-0.05, 0) is 17.7 Å². The van der Waals surface area contributed by atoms with Crippen molar-refractivity contribution in [1.29, 1.82) is 0 Å². The molecule has 6 nitrogen and oxygen atoms in total. The van der Waals surface area contributed by atoms with Crippen molar-refractivity contribution in [1.82, 2.24) is 19.9 Å². The number of nitrogens with one attached hydrogen (secondary N) is 2. The summed E-state index contributed by atoms with van der Waals surface area (Å²) in [6, 6.07) is 7.07. The van der Waals surface area contributed by atoms with E-state index in [0.29, 0.717) is 28.4 Å². The van der Waals surface area contributed by atoms with Crippen LogP contribution in [0.15, 0.2) is 36.9 Å². The van der Waals surface area contributed by atoms with Gasteiger partial charge in [-0.25, -0.2) is 15.0 Å². The van der Waals surface area contributed by atoms with E-state index in [-0.39, 0.29) is 5.91 Å². The molecule has 1 amide bonds. The van der Waals surface area contributed by atoms with Gasteiger partial charge in [0.1, 0.15) is 11.8 Å². The molecule has 0 aliphatic rings. The number of halogens is 1. The Labute approximate surface area is 119 Å². The highest BCUT2D eigenvalue weighted by molar-refractivity contribution is 6.17. The molecule has 0 spiro atoms. The molecule has 3 rings (SSSR count). The topological polar surface area (TPSA) is 83.6 Å². The smallest absolute Gasteiger partial charge is 0.256 e. The van der Waals surface area contributed by atoms with Crippen LogP contribution in [-0.4, -0.2) is 25.8 Å². The summed E-state index contributed by atoms with van der Waals surface area (Å²) in [5.74, 6) is 0.572. The maximum absolute atomic E-state index is 12.1. The molecular weight excluding hydrogens is 278 g/mol. The van der Waals surface area contributed by atoms with Crippen LogP contribution in [0.3, 0.4) is 0 Å². The lowest BCUT2D eigenvalue weighted by atomic mass is 10.1. The minimum atomic E-state index is -0.249. The van der Waals surface area contributed by atoms with Gasteiger partial charge in [0, 0.05) is 11.4 Å². The molecule has 3 aromatic rings. The molecule has 1 aromatic carbocycles. The van der Waals surface area contributed by atoms with E-state index in [4.69, 9.17) is 11.6 Å². The Morgan fingerprint density at radius 3 is 2.75 bits per heavy atom. The number of carbonyl (C=O) groups excluding carboxylic acids is 1. The van der Waals surface area contributed by atoms with E-state index >= 15 is 0 Å². The van der Waals surface area contributed by atoms with E-state index in [9.17, 15) is 4.79 Å². The number of nitrogens with zero attached hydrogens (tertiary/aromatic N) is 3. The monoisotopic (exact) mass is 287 g/mol. The number of fused-ring (bicyclic) bond motifs is 1. The highest BCUT2D eigenvalue weighted by Gasteiger charge is 2.11. The second-order valence-corrected chi connectivity index (χ2v) is 4.38. The van der Waals surface area contributed by atoms with Gasteiger partial charge < -0.3 is 10.3 Å². The van der Waals surface area contributed by atoms with Gasteiger partial charge in [-0.1, -0.05) is 12.1 Å². The Bertz CT molecular complexity index is 753. The van der Waals surface area contributed by atoms with E-state index < -0.39 is 0 Å². The molecule has 0 fully saturated rings. The second-order valence-electron chi connectivity index (χ2n) is 4.11. The lowest BCUT2D eigenvalue weighted by Crippen LogP contribution is -2.13. The third-order valence-corrected chi connectivity index (χ3v) is 3.13. The van der Waals surface area contributed by atoms with Gasteiger partial charge in [0.05, 0.1) is 6.33 Å². The Balaban J connectivity index is 1.86. The number of carbonyl (C=O) groups is 1. The average Bonchev–Trinajstić information content (AvgIpc) is 2.97. The normalized spacial score (nSPS) is 10.7. The highest BCUT2D eigenvalue weighted by atomic mass is 35.5. The molecule has 0 radical (unpaired) electrons. The van der Waals surface area contributed by atoms with Crippen molar-refractivity contribution in [3.8, 4) is 0 Å². The van der Waals surface area contributed by atoms with Crippen LogP contribution in [0.25, 0.3) is 11.2 Å². The van der Waals surface area contributed by atoms with E-state index in [2.05, 4.69) is 25.3 Å². The minimum absolute atomic E-state index is 0.249. The SMILES string of the molecule is O=C(Nc1ncnc2nc[nH]c12)c1ccc(CCl)cc1. The van der Waals surface area contributed by atoms with Gasteiger partial charge in [-0.3, -0.25) is 4.79 Å². The van der Waals surface area contributed by atoms with Crippen LogP contribution in [0.1, 0.15) is 15.9 Å². The van der Waals surface area contributed by atoms with Crippen LogP contribution in [-0.2, 0) is 5.88 Å². The molecule has 0 saturated carbocycles. The Morgan fingerprint density at radius 1 is 1.20 bits per heavy atom. The first kappa shape index (κ1) is 12.6. The van der Waals surface area contributed by atoms with Gasteiger partial charge in [0.2, 0.25) is 0 Å². The van der Waals surface area contributed by atoms with Crippen molar-refractivity contribution in [3.63, 3.8) is 0 Å². The Hall–Kier alpha value is -2.47. The van der Waals surface area contributed by atoms with E-state index in [1.54, 1.807) is 12.1 Å². The van der Waals surface area contributed by atoms with Crippen LogP contribution in [0.4, 0.5) is 5.82 Å². The van der Waals surface area contributed by atoms with Crippen molar-refractivity contribution >= 4 is 34.5 Å². The molecule has 0 aliphatic heterocycles. The Kier molecular flexibility index (Phi) is 3.30. The van der Waals surface area contributed by atoms with Gasteiger partial charge in [-0.2, -0.15) is 0 Å². The fourth-order valence-electron chi connectivity index (χ4n) is 1.78. The highest BCUT2D eigenvalue weighted by Crippen LogP contribution is 2.16. The summed E-state index contributed by atoms with van der Waals surface area (Å²) in [5.41, 5.74) is 2.59. The Morgan fingerprint density at radius 2 is 2.00 bits per heavy atom. The van der Waals surface area contributed by atoms with Gasteiger partial charge in [-0.15, -0.1) is 11.6 Å². The number of alkyl halides is 1. The summed E-state index contributed by atoms with van der Waals surface area (Å²) < 4.78 is 0. The van der Waals surface area contributed by atoms with Gasteiger partial charge in [0.25, 0.3) is 5.91 Å². The molecule has 7 heteroatoms. The fourth-order valence-corrected chi connectivity index (χ4v) is 1.96. The summed E-state index contributed by atoms with van der Waals surface area (Å²) in [5, 5.41) is 2.73. The molecule has 2 N–H and O–H groups in total. The maximum Gasteiger partial charge on any atom is 0.256 e. The van der Waals surface area contributed by atoms with Crippen LogP contribution in [0.5, 0.6) is 0 Å². The molecular formula is C13H10ClN5O. The zero-order valence-corrected chi connectivity index (χ0v) is 11.1. The molecule has 0 unspecified atom stereocenters. The first-order valence-corrected chi connectivity index (χ1v) is 6.41. The quantitative estimate of drug-likeness (QED) is 0.724. The van der Waals surface area contributed by atoms with Gasteiger partial charge >= 0.3 is 0 Å². The summed E-state index contributed by atoms with van der Waals surface area (Å²) in [6.45, 7) is 0. The number of anilines is 1. The minimum Gasteiger partial charge on any atom is -0.340 e. The zero-order chi connectivity index (χ0) is 13.9. The third-order valence-electron chi connectivity index (χ3n) is 2.83. The van der Waals surface area contributed by atoms with Crippen molar-refractivity contribution in [2.24, 2.45) is 0 Å². The van der Waals surface area contributed by atoms with Crippen LogP contribution in [0, 0.1) is 0 Å². The van der Waals surface area contributed by atoms with Crippen LogP contribution >= 0.6 is 11.6 Å². The second kappa shape index (κ2) is 5.26. The zero-order valence-electron chi connectivity index (χ0n) is 10.3. The summed E-state index contributed by atoms with van der Waals surface area (Å²) >= 11 is 5.71. The largest absolute Gasteiger partial charge is 0.340 e. The number of aromatic amines is 1. The molecule has 20 heavy (non-hydrogen) atoms. The molecule has 2 aromatic heterocycles. The number of hydrogen-bond acceptors (Lipinski definition) is 4. The number of rotatable bonds is 3. The predicted octanol–water partition coefficient (Wildman–Crippen LogP) is 2.34. The molecule has 0 saturated heterocycles. The van der Waals surface area contributed by atoms with Crippen molar-refractivity contribution in [2.75, 3.05) is 5.32 Å². The first-order valence-electron chi connectivity index (χ1n) is 5.88. The maximum atomic E-state index is 12.1. The average molecular weight is 288 g/mol. The molecule has 0 aliphatic carbocycles. The standard InChI is InChI=1S/C13H10ClN5O/c14-5-8-1-3-9(4-2-8)13(20)19-12-10-11(16-6-15-10)17-7-18-12/h1-4,6-7H,5H2,(H2,15,16,17,18,19,20). The summed E-state index contributed by atoms with van der Waals surface area (Å²) in [7, 11) is 0. The number of imidazole rings is 1. The first-order chi connectivity index (χ1) is 9.78. The summed E-state index contributed by atoms with van der Waals surface area (Å²) in [4.78, 5) is 27.1. The fraction of sp³-hybridized carbons (Fsp3) is 0.0769.